The number of nitrogens with zero attached hydrogens (tertiary/aromatic N) is 1. The molecule has 1 saturated heterocycles. The first-order valence-electron chi connectivity index (χ1n) is 4.38. The van der Waals surface area contributed by atoms with Crippen molar-refractivity contribution in [2.24, 2.45) is 0 Å². The molecule has 1 aliphatic heterocycles. The molecule has 1 heterocycles. The predicted molar refractivity (Wildman–Crippen MR) is 50.0 cm³/mol. The second-order valence-corrected chi connectivity index (χ2v) is 6.02. The molecule has 72 valence electrons. The standard InChI is InChI=1S/C8H17NO2S/c1-7(2)9-4-5-12(10,11)6-8(9)3/h7-8H,4-6H2,1-3H3. The van der Waals surface area contributed by atoms with E-state index in [1.807, 2.05) is 6.92 Å². The van der Waals surface area contributed by atoms with Crippen molar-refractivity contribution in [3.05, 3.63) is 0 Å². The van der Waals surface area contributed by atoms with Crippen LogP contribution in [0.5, 0.6) is 0 Å². The van der Waals surface area contributed by atoms with Gasteiger partial charge in [0.05, 0.1) is 11.5 Å². The zero-order valence-electron chi connectivity index (χ0n) is 7.95. The van der Waals surface area contributed by atoms with Crippen molar-refractivity contribution in [2.45, 2.75) is 32.9 Å². The first-order valence-corrected chi connectivity index (χ1v) is 6.20. The van der Waals surface area contributed by atoms with Gasteiger partial charge in [-0.15, -0.1) is 0 Å². The summed E-state index contributed by atoms with van der Waals surface area (Å²) in [6.07, 6.45) is 0. The first-order chi connectivity index (χ1) is 5.42. The molecule has 0 amide bonds. The van der Waals surface area contributed by atoms with Crippen molar-refractivity contribution in [2.75, 3.05) is 18.1 Å². The number of hydrogen-bond donors (Lipinski definition) is 0. The number of sulfone groups is 1. The van der Waals surface area contributed by atoms with E-state index in [0.29, 0.717) is 24.1 Å². The molecular weight excluding hydrogens is 174 g/mol. The average Bonchev–Trinajstić information content (AvgIpc) is 1.83. The molecule has 0 radical (unpaired) electrons. The SMILES string of the molecule is CC(C)N1CCS(=O)(=O)CC1C. The summed E-state index contributed by atoms with van der Waals surface area (Å²) in [7, 11) is -2.74. The van der Waals surface area contributed by atoms with Crippen molar-refractivity contribution in [1.29, 1.82) is 0 Å². The molecule has 0 saturated carbocycles. The molecule has 1 aliphatic rings. The lowest BCUT2D eigenvalue weighted by molar-refractivity contribution is 0.180. The van der Waals surface area contributed by atoms with Crippen LogP contribution < -0.4 is 0 Å². The van der Waals surface area contributed by atoms with Crippen LogP contribution in [0.15, 0.2) is 0 Å². The molecule has 0 N–H and O–H groups in total. The molecule has 1 rings (SSSR count). The van der Waals surface area contributed by atoms with Crippen LogP contribution in [0.2, 0.25) is 0 Å². The zero-order valence-corrected chi connectivity index (χ0v) is 8.76. The van der Waals surface area contributed by atoms with Crippen LogP contribution in [0.4, 0.5) is 0 Å². The summed E-state index contributed by atoms with van der Waals surface area (Å²) in [4.78, 5) is 2.24. The fourth-order valence-electron chi connectivity index (χ4n) is 1.78. The topological polar surface area (TPSA) is 37.4 Å². The van der Waals surface area contributed by atoms with Crippen LogP contribution in [0.25, 0.3) is 0 Å². The van der Waals surface area contributed by atoms with Crippen LogP contribution in [0, 0.1) is 0 Å². The molecule has 0 aromatic carbocycles. The minimum atomic E-state index is -2.74. The fraction of sp³-hybridized carbons (Fsp3) is 1.00. The third-order valence-corrected chi connectivity index (χ3v) is 4.18. The largest absolute Gasteiger partial charge is 0.296 e. The molecule has 12 heavy (non-hydrogen) atoms. The first kappa shape index (κ1) is 9.99. The number of hydrogen-bond acceptors (Lipinski definition) is 3. The van der Waals surface area contributed by atoms with E-state index in [-0.39, 0.29) is 6.04 Å². The normalized spacial score (nSPS) is 30.8. The monoisotopic (exact) mass is 191 g/mol. The van der Waals surface area contributed by atoms with Gasteiger partial charge in [0.25, 0.3) is 0 Å². The van der Waals surface area contributed by atoms with E-state index < -0.39 is 9.84 Å². The lowest BCUT2D eigenvalue weighted by atomic mass is 10.2. The van der Waals surface area contributed by atoms with Gasteiger partial charge >= 0.3 is 0 Å². The molecule has 0 aromatic heterocycles. The maximum Gasteiger partial charge on any atom is 0.153 e. The Morgan fingerprint density at radius 1 is 1.42 bits per heavy atom. The zero-order chi connectivity index (χ0) is 9.35. The van der Waals surface area contributed by atoms with E-state index in [0.717, 1.165) is 0 Å². The Kier molecular flexibility index (Phi) is 2.78. The highest BCUT2D eigenvalue weighted by Crippen LogP contribution is 2.13. The summed E-state index contributed by atoms with van der Waals surface area (Å²) >= 11 is 0. The Labute approximate surface area is 74.7 Å². The van der Waals surface area contributed by atoms with E-state index in [2.05, 4.69) is 18.7 Å². The summed E-state index contributed by atoms with van der Waals surface area (Å²) in [5.41, 5.74) is 0. The second-order valence-electron chi connectivity index (χ2n) is 3.79. The summed E-state index contributed by atoms with van der Waals surface area (Å²) in [5.74, 6) is 0.653. The molecule has 4 heteroatoms. The molecule has 1 atom stereocenters. The molecule has 3 nitrogen and oxygen atoms in total. The maximum atomic E-state index is 11.2. The van der Waals surface area contributed by atoms with Gasteiger partial charge in [-0.1, -0.05) is 0 Å². The Morgan fingerprint density at radius 3 is 2.42 bits per heavy atom. The average molecular weight is 191 g/mol. The van der Waals surface area contributed by atoms with Gasteiger partial charge in [0.15, 0.2) is 9.84 Å². The van der Waals surface area contributed by atoms with E-state index in [9.17, 15) is 8.42 Å². The Bertz CT molecular complexity index is 246. The van der Waals surface area contributed by atoms with E-state index in [1.54, 1.807) is 0 Å². The van der Waals surface area contributed by atoms with Gasteiger partial charge in [-0.05, 0) is 20.8 Å². The Morgan fingerprint density at radius 2 is 2.00 bits per heavy atom. The van der Waals surface area contributed by atoms with Crippen LogP contribution in [0.1, 0.15) is 20.8 Å². The molecule has 0 aliphatic carbocycles. The molecule has 0 spiro atoms. The smallest absolute Gasteiger partial charge is 0.153 e. The van der Waals surface area contributed by atoms with Gasteiger partial charge in [-0.3, -0.25) is 4.90 Å². The van der Waals surface area contributed by atoms with Crippen LogP contribution in [0.3, 0.4) is 0 Å². The molecule has 1 fully saturated rings. The molecule has 0 bridgehead atoms. The Balaban J connectivity index is 2.66. The number of rotatable bonds is 1. The second kappa shape index (κ2) is 3.34. The van der Waals surface area contributed by atoms with E-state index in [1.165, 1.54) is 0 Å². The van der Waals surface area contributed by atoms with E-state index >= 15 is 0 Å². The van der Waals surface area contributed by atoms with Gasteiger partial charge < -0.3 is 0 Å². The highest BCUT2D eigenvalue weighted by molar-refractivity contribution is 7.91. The summed E-state index contributed by atoms with van der Waals surface area (Å²) in [6, 6.07) is 0.638. The predicted octanol–water partition coefficient (Wildman–Crippen LogP) is 0.514. The lowest BCUT2D eigenvalue weighted by Crippen LogP contribution is -2.49. The van der Waals surface area contributed by atoms with Crippen molar-refractivity contribution in [3.8, 4) is 0 Å². The summed E-state index contributed by atoms with van der Waals surface area (Å²) in [5, 5.41) is 0. The van der Waals surface area contributed by atoms with Gasteiger partial charge in [0, 0.05) is 18.6 Å². The van der Waals surface area contributed by atoms with Crippen molar-refractivity contribution >= 4 is 9.84 Å². The molecule has 1 unspecified atom stereocenters. The third kappa shape index (κ3) is 2.20. The minimum Gasteiger partial charge on any atom is -0.296 e. The lowest BCUT2D eigenvalue weighted by Gasteiger charge is -2.36. The summed E-state index contributed by atoms with van der Waals surface area (Å²) in [6.45, 7) is 6.89. The van der Waals surface area contributed by atoms with Crippen LogP contribution in [-0.4, -0.2) is 43.5 Å². The van der Waals surface area contributed by atoms with Gasteiger partial charge in [0.2, 0.25) is 0 Å². The van der Waals surface area contributed by atoms with Crippen molar-refractivity contribution in [1.82, 2.24) is 4.90 Å². The van der Waals surface area contributed by atoms with Gasteiger partial charge in [-0.2, -0.15) is 0 Å². The maximum absolute atomic E-state index is 11.2. The highest BCUT2D eigenvalue weighted by Gasteiger charge is 2.29. The van der Waals surface area contributed by atoms with Gasteiger partial charge in [-0.25, -0.2) is 8.42 Å². The fourth-order valence-corrected chi connectivity index (χ4v) is 3.36. The minimum absolute atomic E-state index is 0.184. The van der Waals surface area contributed by atoms with Crippen LogP contribution in [-0.2, 0) is 9.84 Å². The Hall–Kier alpha value is -0.0900. The highest BCUT2D eigenvalue weighted by atomic mass is 32.2. The van der Waals surface area contributed by atoms with Crippen molar-refractivity contribution in [3.63, 3.8) is 0 Å². The molecular formula is C8H17NO2S. The third-order valence-electron chi connectivity index (χ3n) is 2.39. The van der Waals surface area contributed by atoms with E-state index in [4.69, 9.17) is 0 Å². The van der Waals surface area contributed by atoms with Crippen LogP contribution >= 0.6 is 0 Å². The van der Waals surface area contributed by atoms with Crippen molar-refractivity contribution < 1.29 is 8.42 Å². The quantitative estimate of drug-likeness (QED) is 0.606. The molecule has 0 aromatic rings. The van der Waals surface area contributed by atoms with Gasteiger partial charge in [0.1, 0.15) is 0 Å². The summed E-state index contributed by atoms with van der Waals surface area (Å²) < 4.78 is 22.4.